The van der Waals surface area contributed by atoms with Gasteiger partial charge in [0.1, 0.15) is 6.54 Å². The number of furan rings is 1. The standard InChI is InChI=1S/C13H14BrF3N2O3/c1-3-6-19(8-13(15,16)17)11(20)7-18(2)12(21)9-4-5-10(14)22-9/h3-5H,1,6-8H2,2H3. The minimum Gasteiger partial charge on any atom is -0.444 e. The van der Waals surface area contributed by atoms with Crippen molar-refractivity contribution in [3.8, 4) is 0 Å². The summed E-state index contributed by atoms with van der Waals surface area (Å²) in [5, 5.41) is 0. The number of rotatable bonds is 6. The van der Waals surface area contributed by atoms with Crippen LogP contribution in [0.3, 0.4) is 0 Å². The van der Waals surface area contributed by atoms with Crippen LogP contribution in [0.2, 0.25) is 0 Å². The van der Waals surface area contributed by atoms with E-state index in [-0.39, 0.29) is 12.3 Å². The van der Waals surface area contributed by atoms with Crippen molar-refractivity contribution in [2.45, 2.75) is 6.18 Å². The average Bonchev–Trinajstić information content (AvgIpc) is 2.82. The highest BCUT2D eigenvalue weighted by atomic mass is 79.9. The molecule has 9 heteroatoms. The molecule has 122 valence electrons. The number of likely N-dealkylation sites (N-methyl/N-ethyl adjacent to an activating group) is 1. The first kappa shape index (κ1) is 18.3. The summed E-state index contributed by atoms with van der Waals surface area (Å²) in [6, 6.07) is 2.89. The van der Waals surface area contributed by atoms with Crippen LogP contribution < -0.4 is 0 Å². The van der Waals surface area contributed by atoms with Gasteiger partial charge in [0.2, 0.25) is 5.91 Å². The van der Waals surface area contributed by atoms with E-state index in [9.17, 15) is 22.8 Å². The van der Waals surface area contributed by atoms with Crippen molar-refractivity contribution in [3.05, 3.63) is 35.2 Å². The number of hydrogen-bond donors (Lipinski definition) is 0. The maximum atomic E-state index is 12.4. The lowest BCUT2D eigenvalue weighted by atomic mass is 10.3. The minimum absolute atomic E-state index is 0.0201. The molecule has 0 saturated heterocycles. The van der Waals surface area contributed by atoms with E-state index in [1.807, 2.05) is 0 Å². The molecule has 0 bridgehead atoms. The first-order valence-electron chi connectivity index (χ1n) is 6.10. The van der Waals surface area contributed by atoms with E-state index in [0.29, 0.717) is 9.57 Å². The second-order valence-electron chi connectivity index (χ2n) is 4.44. The summed E-state index contributed by atoms with van der Waals surface area (Å²) in [5.41, 5.74) is 0. The third-order valence-corrected chi connectivity index (χ3v) is 3.00. The lowest BCUT2D eigenvalue weighted by molar-refractivity contribution is -0.160. The molecule has 22 heavy (non-hydrogen) atoms. The van der Waals surface area contributed by atoms with E-state index in [1.165, 1.54) is 25.3 Å². The second kappa shape index (κ2) is 7.48. The van der Waals surface area contributed by atoms with Gasteiger partial charge in [-0.3, -0.25) is 9.59 Å². The Kier molecular flexibility index (Phi) is 6.21. The molecule has 0 N–H and O–H groups in total. The lowest BCUT2D eigenvalue weighted by Gasteiger charge is -2.25. The predicted molar refractivity (Wildman–Crippen MR) is 76.2 cm³/mol. The molecule has 0 aromatic carbocycles. The molecule has 0 unspecified atom stereocenters. The van der Waals surface area contributed by atoms with Gasteiger partial charge in [0.05, 0.1) is 6.54 Å². The van der Waals surface area contributed by atoms with Gasteiger partial charge in [-0.05, 0) is 28.1 Å². The summed E-state index contributed by atoms with van der Waals surface area (Å²) in [7, 11) is 1.30. The van der Waals surface area contributed by atoms with Crippen LogP contribution in [-0.4, -0.2) is 54.5 Å². The van der Waals surface area contributed by atoms with Crippen molar-refractivity contribution in [3.63, 3.8) is 0 Å². The van der Waals surface area contributed by atoms with Gasteiger partial charge in [-0.2, -0.15) is 13.2 Å². The molecule has 1 aromatic rings. The molecule has 0 atom stereocenters. The van der Waals surface area contributed by atoms with Crippen LogP contribution in [0, 0.1) is 0 Å². The minimum atomic E-state index is -4.52. The Balaban J connectivity index is 2.71. The Morgan fingerprint density at radius 2 is 2.05 bits per heavy atom. The number of alkyl halides is 3. The molecule has 2 amide bonds. The molecule has 1 aromatic heterocycles. The van der Waals surface area contributed by atoms with Gasteiger partial charge >= 0.3 is 6.18 Å². The van der Waals surface area contributed by atoms with Gasteiger partial charge in [-0.15, -0.1) is 6.58 Å². The summed E-state index contributed by atoms with van der Waals surface area (Å²) in [5.74, 6) is -1.46. The molecule has 1 rings (SSSR count). The highest BCUT2D eigenvalue weighted by Gasteiger charge is 2.33. The normalized spacial score (nSPS) is 11.1. The fourth-order valence-electron chi connectivity index (χ4n) is 1.62. The number of hydrogen-bond acceptors (Lipinski definition) is 3. The van der Waals surface area contributed by atoms with E-state index in [0.717, 1.165) is 4.90 Å². The maximum Gasteiger partial charge on any atom is 0.406 e. The van der Waals surface area contributed by atoms with Crippen LogP contribution in [0.4, 0.5) is 13.2 Å². The summed E-state index contributed by atoms with van der Waals surface area (Å²) in [6.45, 7) is 1.16. The Bertz CT molecular complexity index is 557. The first-order valence-corrected chi connectivity index (χ1v) is 6.89. The lowest BCUT2D eigenvalue weighted by Crippen LogP contribution is -2.45. The number of carbonyl (C=O) groups excluding carboxylic acids is 2. The topological polar surface area (TPSA) is 53.8 Å². The quantitative estimate of drug-likeness (QED) is 0.710. The largest absolute Gasteiger partial charge is 0.444 e. The molecule has 0 fully saturated rings. The Hall–Kier alpha value is -1.77. The number of amides is 2. The van der Waals surface area contributed by atoms with Crippen molar-refractivity contribution in [1.82, 2.24) is 9.80 Å². The van der Waals surface area contributed by atoms with Gasteiger partial charge < -0.3 is 14.2 Å². The summed E-state index contributed by atoms with van der Waals surface area (Å²) < 4.78 is 42.6. The molecule has 5 nitrogen and oxygen atoms in total. The monoisotopic (exact) mass is 382 g/mol. The van der Waals surface area contributed by atoms with Gasteiger partial charge in [-0.25, -0.2) is 0 Å². The van der Waals surface area contributed by atoms with Crippen LogP contribution >= 0.6 is 15.9 Å². The summed E-state index contributed by atoms with van der Waals surface area (Å²) in [4.78, 5) is 25.4. The zero-order valence-electron chi connectivity index (χ0n) is 11.7. The van der Waals surface area contributed by atoms with E-state index < -0.39 is 31.1 Å². The van der Waals surface area contributed by atoms with Gasteiger partial charge in [-0.1, -0.05) is 6.08 Å². The Morgan fingerprint density at radius 1 is 1.41 bits per heavy atom. The third kappa shape index (κ3) is 5.55. The molecule has 1 heterocycles. The highest BCUT2D eigenvalue weighted by Crippen LogP contribution is 2.17. The number of carbonyl (C=O) groups is 2. The third-order valence-electron chi connectivity index (χ3n) is 2.58. The smallest absolute Gasteiger partial charge is 0.406 e. The van der Waals surface area contributed by atoms with E-state index in [2.05, 4.69) is 22.5 Å². The van der Waals surface area contributed by atoms with Gasteiger partial charge in [0, 0.05) is 13.6 Å². The van der Waals surface area contributed by atoms with E-state index >= 15 is 0 Å². The van der Waals surface area contributed by atoms with Crippen molar-refractivity contribution >= 4 is 27.7 Å². The van der Waals surface area contributed by atoms with Crippen molar-refractivity contribution in [2.24, 2.45) is 0 Å². The number of nitrogens with zero attached hydrogens (tertiary/aromatic N) is 2. The van der Waals surface area contributed by atoms with Crippen LogP contribution in [0.5, 0.6) is 0 Å². The fourth-order valence-corrected chi connectivity index (χ4v) is 1.93. The SMILES string of the molecule is C=CCN(CC(F)(F)F)C(=O)CN(C)C(=O)c1ccc(Br)o1. The van der Waals surface area contributed by atoms with Crippen LogP contribution in [0.1, 0.15) is 10.6 Å². The summed E-state index contributed by atoms with van der Waals surface area (Å²) >= 11 is 3.03. The molecule has 0 radical (unpaired) electrons. The van der Waals surface area contributed by atoms with Gasteiger partial charge in [0.15, 0.2) is 10.4 Å². The average molecular weight is 383 g/mol. The molecular formula is C13H14BrF3N2O3. The molecule has 0 aliphatic rings. The molecular weight excluding hydrogens is 369 g/mol. The predicted octanol–water partition coefficient (Wildman–Crippen LogP) is 2.69. The van der Waals surface area contributed by atoms with Crippen LogP contribution in [0.15, 0.2) is 33.9 Å². The second-order valence-corrected chi connectivity index (χ2v) is 5.22. The fraction of sp³-hybridized carbons (Fsp3) is 0.385. The van der Waals surface area contributed by atoms with Crippen LogP contribution in [-0.2, 0) is 4.79 Å². The van der Waals surface area contributed by atoms with Gasteiger partial charge in [0.25, 0.3) is 5.91 Å². The maximum absolute atomic E-state index is 12.4. The van der Waals surface area contributed by atoms with Crippen molar-refractivity contribution in [2.75, 3.05) is 26.7 Å². The van der Waals surface area contributed by atoms with E-state index in [1.54, 1.807) is 0 Å². The molecule has 0 aliphatic heterocycles. The molecule has 0 saturated carbocycles. The Labute approximate surface area is 133 Å². The zero-order chi connectivity index (χ0) is 16.9. The summed E-state index contributed by atoms with van der Waals surface area (Å²) in [6.07, 6.45) is -3.33. The number of halogens is 4. The van der Waals surface area contributed by atoms with Crippen molar-refractivity contribution in [1.29, 1.82) is 0 Å². The Morgan fingerprint density at radius 3 is 2.50 bits per heavy atom. The van der Waals surface area contributed by atoms with E-state index in [4.69, 9.17) is 4.42 Å². The van der Waals surface area contributed by atoms with Crippen LogP contribution in [0.25, 0.3) is 0 Å². The van der Waals surface area contributed by atoms with Crippen molar-refractivity contribution < 1.29 is 27.2 Å². The molecule has 0 aliphatic carbocycles. The molecule has 0 spiro atoms. The first-order chi connectivity index (χ1) is 10.1. The zero-order valence-corrected chi connectivity index (χ0v) is 13.3. The highest BCUT2D eigenvalue weighted by molar-refractivity contribution is 9.10.